The Bertz CT molecular complexity index is 891. The molecule has 1 fully saturated rings. The number of halogens is 1. The summed E-state index contributed by atoms with van der Waals surface area (Å²) in [6.07, 6.45) is 3.72. The van der Waals surface area contributed by atoms with Gasteiger partial charge in [-0.3, -0.25) is 5.10 Å². The van der Waals surface area contributed by atoms with Gasteiger partial charge in [0.1, 0.15) is 12.4 Å². The Kier molecular flexibility index (Phi) is 9.55. The molecule has 1 aliphatic heterocycles. The molecule has 0 saturated carbocycles. The maximum atomic E-state index is 12.2. The minimum Gasteiger partial charge on any atom is -0.461 e. The summed E-state index contributed by atoms with van der Waals surface area (Å²) in [5.74, 6) is 2.63. The van der Waals surface area contributed by atoms with Crippen LogP contribution in [0.5, 0.6) is 0 Å². The first kappa shape index (κ1) is 24.6. The van der Waals surface area contributed by atoms with Crippen molar-refractivity contribution in [2.75, 3.05) is 25.4 Å². The van der Waals surface area contributed by atoms with Crippen LogP contribution in [0.1, 0.15) is 38.9 Å². The third-order valence-corrected chi connectivity index (χ3v) is 6.73. The van der Waals surface area contributed by atoms with E-state index in [4.69, 9.17) is 4.42 Å². The molecule has 0 aromatic carbocycles. The van der Waals surface area contributed by atoms with E-state index in [-0.39, 0.29) is 35.8 Å². The summed E-state index contributed by atoms with van der Waals surface area (Å²) in [5.41, 5.74) is 0. The lowest BCUT2D eigenvalue weighted by atomic mass is 10.1. The van der Waals surface area contributed by atoms with Crippen LogP contribution < -0.4 is 10.6 Å². The van der Waals surface area contributed by atoms with Crippen molar-refractivity contribution in [2.45, 2.75) is 45.7 Å². The summed E-state index contributed by atoms with van der Waals surface area (Å²) in [4.78, 5) is 8.96. The highest BCUT2D eigenvalue weighted by atomic mass is 127. The van der Waals surface area contributed by atoms with E-state index in [1.165, 1.54) is 0 Å². The average molecular weight is 551 g/mol. The summed E-state index contributed by atoms with van der Waals surface area (Å²) in [6, 6.07) is 3.76. The van der Waals surface area contributed by atoms with Gasteiger partial charge in [0.25, 0.3) is 0 Å². The molecule has 3 heterocycles. The number of aromatic nitrogens is 3. The number of aromatic amines is 1. The second-order valence-electron chi connectivity index (χ2n) is 6.91. The van der Waals surface area contributed by atoms with Crippen LogP contribution in [0, 0.1) is 0 Å². The Morgan fingerprint density at radius 1 is 1.37 bits per heavy atom. The van der Waals surface area contributed by atoms with E-state index in [0.717, 1.165) is 19.4 Å². The van der Waals surface area contributed by atoms with E-state index in [1.54, 1.807) is 22.7 Å². The zero-order chi connectivity index (χ0) is 20.7. The van der Waals surface area contributed by atoms with Gasteiger partial charge in [0, 0.05) is 25.7 Å². The average Bonchev–Trinajstić information content (AvgIpc) is 3.38. The normalized spacial score (nSPS) is 16.3. The molecule has 0 spiro atoms. The topological polar surface area (TPSA) is 129 Å². The van der Waals surface area contributed by atoms with Gasteiger partial charge in [-0.25, -0.2) is 22.7 Å². The largest absolute Gasteiger partial charge is 0.461 e. The fraction of sp³-hybridized carbons (Fsp3) is 0.611. The number of hydrogen-bond acceptors (Lipinski definition) is 6. The lowest BCUT2D eigenvalue weighted by Gasteiger charge is -2.32. The zero-order valence-corrected chi connectivity index (χ0v) is 20.4. The standard InChI is InChI=1S/C18H29N7O3S.HI/c1-3-12-29(26,27)25-9-7-14(8-10-25)21-18(19-4-2)20-13-16-22-17(24-23-16)15-6-5-11-28-15;/h5-6,11,14H,3-4,7-10,12-13H2,1-2H3,(H2,19,20,21)(H,22,23,24);1H. The minimum atomic E-state index is -3.13. The van der Waals surface area contributed by atoms with E-state index >= 15 is 0 Å². The van der Waals surface area contributed by atoms with Crippen LogP contribution in [0.2, 0.25) is 0 Å². The third-order valence-electron chi connectivity index (χ3n) is 4.65. The van der Waals surface area contributed by atoms with Gasteiger partial charge in [-0.05, 0) is 38.3 Å². The molecule has 2 aromatic heterocycles. The molecular formula is C18H30IN7O3S. The second kappa shape index (κ2) is 11.6. The molecule has 0 radical (unpaired) electrons. The summed E-state index contributed by atoms with van der Waals surface area (Å²) in [5, 5.41) is 13.6. The van der Waals surface area contributed by atoms with Crippen LogP contribution in [-0.4, -0.2) is 65.3 Å². The summed E-state index contributed by atoms with van der Waals surface area (Å²) in [6.45, 7) is 6.02. The molecule has 10 nitrogen and oxygen atoms in total. The molecule has 168 valence electrons. The quantitative estimate of drug-likeness (QED) is 0.260. The summed E-state index contributed by atoms with van der Waals surface area (Å²) in [7, 11) is -3.13. The second-order valence-corrected chi connectivity index (χ2v) is 9.00. The van der Waals surface area contributed by atoms with Crippen molar-refractivity contribution in [3.8, 4) is 11.6 Å². The van der Waals surface area contributed by atoms with Gasteiger partial charge >= 0.3 is 0 Å². The Labute approximate surface area is 194 Å². The van der Waals surface area contributed by atoms with E-state index in [9.17, 15) is 8.42 Å². The smallest absolute Gasteiger partial charge is 0.216 e. The Balaban J connectivity index is 0.00000320. The highest BCUT2D eigenvalue weighted by Crippen LogP contribution is 2.16. The van der Waals surface area contributed by atoms with Crippen LogP contribution in [0.3, 0.4) is 0 Å². The Morgan fingerprint density at radius 2 is 2.13 bits per heavy atom. The lowest BCUT2D eigenvalue weighted by Crippen LogP contribution is -2.50. The first-order chi connectivity index (χ1) is 14.0. The van der Waals surface area contributed by atoms with E-state index in [1.807, 2.05) is 13.8 Å². The predicted octanol–water partition coefficient (Wildman–Crippen LogP) is 1.94. The molecule has 0 aliphatic carbocycles. The van der Waals surface area contributed by atoms with Gasteiger partial charge in [-0.2, -0.15) is 0 Å². The van der Waals surface area contributed by atoms with E-state index in [0.29, 0.717) is 49.4 Å². The van der Waals surface area contributed by atoms with Crippen molar-refractivity contribution >= 4 is 40.0 Å². The van der Waals surface area contributed by atoms with Gasteiger partial charge in [0.05, 0.1) is 12.0 Å². The minimum absolute atomic E-state index is 0. The van der Waals surface area contributed by atoms with Crippen molar-refractivity contribution in [3.05, 3.63) is 24.2 Å². The van der Waals surface area contributed by atoms with Crippen molar-refractivity contribution < 1.29 is 12.8 Å². The van der Waals surface area contributed by atoms with Gasteiger partial charge in [-0.1, -0.05) is 6.92 Å². The molecule has 1 aliphatic rings. The number of H-pyrrole nitrogens is 1. The van der Waals surface area contributed by atoms with E-state index in [2.05, 4.69) is 30.8 Å². The van der Waals surface area contributed by atoms with Crippen LogP contribution in [0.4, 0.5) is 0 Å². The monoisotopic (exact) mass is 551 g/mol. The third kappa shape index (κ3) is 6.67. The highest BCUT2D eigenvalue weighted by molar-refractivity contribution is 14.0. The molecule has 1 saturated heterocycles. The van der Waals surface area contributed by atoms with Gasteiger partial charge in [0.15, 0.2) is 11.7 Å². The molecule has 0 amide bonds. The number of hydrogen-bond donors (Lipinski definition) is 3. The number of aliphatic imine (C=N–C) groups is 1. The number of sulfonamides is 1. The molecule has 0 unspecified atom stereocenters. The summed E-state index contributed by atoms with van der Waals surface area (Å²) >= 11 is 0. The van der Waals surface area contributed by atoms with Crippen LogP contribution in [0.15, 0.2) is 27.8 Å². The maximum absolute atomic E-state index is 12.2. The highest BCUT2D eigenvalue weighted by Gasteiger charge is 2.27. The number of nitrogens with one attached hydrogen (secondary N) is 3. The molecular weight excluding hydrogens is 521 g/mol. The predicted molar refractivity (Wildman–Crippen MR) is 126 cm³/mol. The van der Waals surface area contributed by atoms with Gasteiger partial charge < -0.3 is 15.1 Å². The Morgan fingerprint density at radius 3 is 2.77 bits per heavy atom. The molecule has 0 atom stereocenters. The molecule has 12 heteroatoms. The SMILES string of the molecule is CCCS(=O)(=O)N1CCC(NC(=NCc2nc(-c3ccco3)n[nH]2)NCC)CC1.I. The lowest BCUT2D eigenvalue weighted by molar-refractivity contribution is 0.306. The number of rotatable bonds is 8. The first-order valence-corrected chi connectivity index (χ1v) is 11.6. The van der Waals surface area contributed by atoms with E-state index < -0.39 is 10.0 Å². The molecule has 3 rings (SSSR count). The molecule has 0 bridgehead atoms. The Hall–Kier alpha value is -1.67. The van der Waals surface area contributed by atoms with Gasteiger partial charge in [0.2, 0.25) is 15.8 Å². The zero-order valence-electron chi connectivity index (χ0n) is 17.3. The van der Waals surface area contributed by atoms with Crippen molar-refractivity contribution in [3.63, 3.8) is 0 Å². The number of piperidine rings is 1. The molecule has 30 heavy (non-hydrogen) atoms. The summed E-state index contributed by atoms with van der Waals surface area (Å²) < 4.78 is 31.3. The number of furan rings is 1. The van der Waals surface area contributed by atoms with Crippen molar-refractivity contribution in [1.82, 2.24) is 30.1 Å². The molecule has 2 aromatic rings. The van der Waals surface area contributed by atoms with Crippen molar-refractivity contribution in [2.24, 2.45) is 4.99 Å². The first-order valence-electron chi connectivity index (χ1n) is 9.99. The number of nitrogens with zero attached hydrogens (tertiary/aromatic N) is 4. The number of guanidine groups is 1. The molecule has 3 N–H and O–H groups in total. The maximum Gasteiger partial charge on any atom is 0.216 e. The van der Waals surface area contributed by atoms with Crippen molar-refractivity contribution in [1.29, 1.82) is 0 Å². The van der Waals surface area contributed by atoms with Gasteiger partial charge in [-0.15, -0.1) is 29.1 Å². The van der Waals surface area contributed by atoms with Crippen LogP contribution >= 0.6 is 24.0 Å². The van der Waals surface area contributed by atoms with Crippen LogP contribution in [0.25, 0.3) is 11.6 Å². The fourth-order valence-electron chi connectivity index (χ4n) is 3.21. The van der Waals surface area contributed by atoms with Crippen LogP contribution in [-0.2, 0) is 16.6 Å². The fourth-order valence-corrected chi connectivity index (χ4v) is 4.76.